The lowest BCUT2D eigenvalue weighted by molar-refractivity contribution is -0.201. The highest BCUT2D eigenvalue weighted by atomic mass is 19.1. The summed E-state index contributed by atoms with van der Waals surface area (Å²) in [7, 11) is 0. The number of aryl methyl sites for hydroxylation is 1. The van der Waals surface area contributed by atoms with E-state index in [1.54, 1.807) is 6.33 Å². The van der Waals surface area contributed by atoms with Crippen molar-refractivity contribution in [3.05, 3.63) is 47.7 Å². The molecule has 2 saturated heterocycles. The molecular weight excluding hydrogens is 459 g/mol. The van der Waals surface area contributed by atoms with Crippen molar-refractivity contribution >= 4 is 17.4 Å². The minimum atomic E-state index is -0.777. The number of pyridine rings is 1. The lowest BCUT2D eigenvalue weighted by atomic mass is 10.1. The number of oxime groups is 1. The lowest BCUT2D eigenvalue weighted by Gasteiger charge is -2.24. The predicted molar refractivity (Wildman–Crippen MR) is 119 cm³/mol. The monoisotopic (exact) mass is 482 g/mol. The molecule has 0 amide bonds. The average Bonchev–Trinajstić information content (AvgIpc) is 3.47. The molecule has 182 valence electrons. The van der Waals surface area contributed by atoms with E-state index in [1.165, 1.54) is 18.5 Å². The number of hydrogen-bond donors (Lipinski definition) is 1. The standard InChI is InChI=1S/C23H23FN6O5/c1-13-18-21(26-11-25-13)30(12-27-18)22-20-19(34-23(2,3)35-20)17(33-22)10-32-8-4-5-14-6-7-15(24)16(29-14)9-28-31/h6-7,9,11-12,17,19-20,22,31H,8,10H2,1-3H3/b28-9+/t17-,19-,20-,22-/m1/s1. The van der Waals surface area contributed by atoms with Crippen LogP contribution >= 0.6 is 0 Å². The minimum Gasteiger partial charge on any atom is -0.411 e. The molecule has 2 aliphatic heterocycles. The van der Waals surface area contributed by atoms with Gasteiger partial charge < -0.3 is 24.2 Å². The SMILES string of the molecule is Cc1ncnc2c1ncn2[C@@H]1O[C@H](COCC#Cc2ccc(F)c(/C=N/O)n2)[C@H]2OC(C)(C)O[C@H]21. The Balaban J connectivity index is 1.27. The maximum absolute atomic E-state index is 13.6. The largest absolute Gasteiger partial charge is 0.411 e. The molecule has 35 heavy (non-hydrogen) atoms. The highest BCUT2D eigenvalue weighted by Crippen LogP contribution is 2.43. The summed E-state index contributed by atoms with van der Waals surface area (Å²) in [6, 6.07) is 2.63. The van der Waals surface area contributed by atoms with Gasteiger partial charge in [-0.25, -0.2) is 24.3 Å². The summed E-state index contributed by atoms with van der Waals surface area (Å²) in [4.78, 5) is 17.0. The van der Waals surface area contributed by atoms with Gasteiger partial charge in [0.1, 0.15) is 48.2 Å². The maximum atomic E-state index is 13.6. The van der Waals surface area contributed by atoms with E-state index in [9.17, 15) is 4.39 Å². The third-order valence-electron chi connectivity index (χ3n) is 5.67. The van der Waals surface area contributed by atoms with Gasteiger partial charge in [0.2, 0.25) is 0 Å². The van der Waals surface area contributed by atoms with Crippen LogP contribution in [0.4, 0.5) is 4.39 Å². The van der Waals surface area contributed by atoms with E-state index in [1.807, 2.05) is 25.3 Å². The molecule has 0 saturated carbocycles. The third-order valence-corrected chi connectivity index (χ3v) is 5.67. The molecule has 5 rings (SSSR count). The Labute approximate surface area is 199 Å². The topological polar surface area (TPSA) is 126 Å². The van der Waals surface area contributed by atoms with Crippen molar-refractivity contribution in [2.24, 2.45) is 5.16 Å². The smallest absolute Gasteiger partial charge is 0.166 e. The summed E-state index contributed by atoms with van der Waals surface area (Å²) in [6.07, 6.45) is 2.41. The first-order valence-corrected chi connectivity index (χ1v) is 10.9. The van der Waals surface area contributed by atoms with Gasteiger partial charge in [-0.05, 0) is 38.8 Å². The zero-order valence-electron chi connectivity index (χ0n) is 19.3. The van der Waals surface area contributed by atoms with Crippen LogP contribution in [0.15, 0.2) is 29.9 Å². The molecule has 0 aromatic carbocycles. The fraction of sp³-hybridized carbons (Fsp3) is 0.435. The van der Waals surface area contributed by atoms with Crippen LogP contribution in [0.5, 0.6) is 0 Å². The Bertz CT molecular complexity index is 1330. The minimum absolute atomic E-state index is 0.0923. The van der Waals surface area contributed by atoms with E-state index < -0.39 is 23.9 Å². The summed E-state index contributed by atoms with van der Waals surface area (Å²) in [6.45, 7) is 5.89. The normalized spacial score (nSPS) is 25.1. The molecule has 3 aromatic heterocycles. The van der Waals surface area contributed by atoms with Crippen LogP contribution in [0.25, 0.3) is 11.2 Å². The first kappa shape index (κ1) is 23.3. The number of ether oxygens (including phenoxy) is 4. The highest BCUT2D eigenvalue weighted by Gasteiger charge is 2.56. The predicted octanol–water partition coefficient (Wildman–Crippen LogP) is 1.96. The van der Waals surface area contributed by atoms with Gasteiger partial charge in [-0.2, -0.15) is 0 Å². The van der Waals surface area contributed by atoms with Gasteiger partial charge >= 0.3 is 0 Å². The summed E-state index contributed by atoms with van der Waals surface area (Å²) in [5.74, 6) is 4.24. The van der Waals surface area contributed by atoms with Crippen molar-refractivity contribution in [2.45, 2.75) is 51.1 Å². The van der Waals surface area contributed by atoms with E-state index in [0.29, 0.717) is 16.9 Å². The van der Waals surface area contributed by atoms with Gasteiger partial charge in [-0.15, -0.1) is 0 Å². The fourth-order valence-electron chi connectivity index (χ4n) is 4.20. The number of halogens is 1. The molecule has 5 heterocycles. The van der Waals surface area contributed by atoms with Crippen molar-refractivity contribution in [1.29, 1.82) is 0 Å². The maximum Gasteiger partial charge on any atom is 0.166 e. The van der Waals surface area contributed by atoms with E-state index >= 15 is 0 Å². The van der Waals surface area contributed by atoms with Crippen molar-refractivity contribution in [3.63, 3.8) is 0 Å². The number of imidazole rings is 1. The summed E-state index contributed by atoms with van der Waals surface area (Å²) < 4.78 is 39.7. The number of fused-ring (bicyclic) bond motifs is 2. The molecule has 1 N–H and O–H groups in total. The Morgan fingerprint density at radius 2 is 2.09 bits per heavy atom. The molecule has 3 aromatic rings. The first-order chi connectivity index (χ1) is 16.9. The third kappa shape index (κ3) is 4.59. The Morgan fingerprint density at radius 1 is 1.26 bits per heavy atom. The molecule has 12 heteroatoms. The van der Waals surface area contributed by atoms with Crippen LogP contribution in [0, 0.1) is 24.6 Å². The van der Waals surface area contributed by atoms with Crippen LogP contribution in [0.2, 0.25) is 0 Å². The number of rotatable bonds is 5. The van der Waals surface area contributed by atoms with E-state index in [-0.39, 0.29) is 31.1 Å². The van der Waals surface area contributed by atoms with Crippen molar-refractivity contribution < 1.29 is 28.5 Å². The van der Waals surface area contributed by atoms with Crippen LogP contribution in [-0.4, -0.2) is 73.2 Å². The summed E-state index contributed by atoms with van der Waals surface area (Å²) >= 11 is 0. The molecule has 0 spiro atoms. The second kappa shape index (κ2) is 9.27. The van der Waals surface area contributed by atoms with Gasteiger partial charge in [-0.3, -0.25) is 4.57 Å². The van der Waals surface area contributed by atoms with Crippen molar-refractivity contribution in [1.82, 2.24) is 24.5 Å². The van der Waals surface area contributed by atoms with Gasteiger partial charge in [-0.1, -0.05) is 11.1 Å². The zero-order valence-corrected chi connectivity index (χ0v) is 19.3. The van der Waals surface area contributed by atoms with Gasteiger partial charge in [0, 0.05) is 0 Å². The van der Waals surface area contributed by atoms with Crippen molar-refractivity contribution in [2.75, 3.05) is 13.2 Å². The van der Waals surface area contributed by atoms with Crippen LogP contribution in [-0.2, 0) is 18.9 Å². The molecule has 0 radical (unpaired) electrons. The second-order valence-corrected chi connectivity index (χ2v) is 8.54. The van der Waals surface area contributed by atoms with E-state index in [2.05, 4.69) is 36.9 Å². The number of nitrogens with zero attached hydrogens (tertiary/aromatic N) is 6. The molecule has 0 aliphatic carbocycles. The average molecular weight is 482 g/mol. The molecule has 4 atom stereocenters. The number of aromatic nitrogens is 5. The second-order valence-electron chi connectivity index (χ2n) is 8.54. The molecular formula is C23H23FN6O5. The molecule has 0 unspecified atom stereocenters. The molecule has 0 bridgehead atoms. The van der Waals surface area contributed by atoms with Crippen LogP contribution in [0.3, 0.4) is 0 Å². The molecule has 2 fully saturated rings. The van der Waals surface area contributed by atoms with Gasteiger partial charge in [0.25, 0.3) is 0 Å². The Kier molecular flexibility index (Phi) is 6.16. The van der Waals surface area contributed by atoms with Crippen LogP contribution in [0.1, 0.15) is 37.2 Å². The Morgan fingerprint density at radius 3 is 2.91 bits per heavy atom. The van der Waals surface area contributed by atoms with E-state index in [4.69, 9.17) is 24.2 Å². The summed E-state index contributed by atoms with van der Waals surface area (Å²) in [5.41, 5.74) is 2.34. The highest BCUT2D eigenvalue weighted by molar-refractivity contribution is 5.76. The molecule has 11 nitrogen and oxygen atoms in total. The van der Waals surface area contributed by atoms with E-state index in [0.717, 1.165) is 11.9 Å². The fourth-order valence-corrected chi connectivity index (χ4v) is 4.20. The zero-order chi connectivity index (χ0) is 24.6. The molecule has 2 aliphatic rings. The lowest BCUT2D eigenvalue weighted by Crippen LogP contribution is -2.33. The quantitative estimate of drug-likeness (QED) is 0.191. The summed E-state index contributed by atoms with van der Waals surface area (Å²) in [5, 5.41) is 11.4. The van der Waals surface area contributed by atoms with Crippen molar-refractivity contribution in [3.8, 4) is 11.8 Å². The van der Waals surface area contributed by atoms with Gasteiger partial charge in [0.05, 0.1) is 24.8 Å². The van der Waals surface area contributed by atoms with Crippen LogP contribution < -0.4 is 0 Å². The van der Waals surface area contributed by atoms with Gasteiger partial charge in [0.15, 0.2) is 23.5 Å². The number of hydrogen-bond acceptors (Lipinski definition) is 10. The Hall–Kier alpha value is -3.50. The first-order valence-electron chi connectivity index (χ1n) is 10.9.